The number of aromatic nitrogens is 1. The van der Waals surface area contributed by atoms with Gasteiger partial charge in [-0.1, -0.05) is 6.07 Å². The van der Waals surface area contributed by atoms with Crippen LogP contribution < -0.4 is 10.1 Å². The van der Waals surface area contributed by atoms with Gasteiger partial charge in [0.05, 0.1) is 6.20 Å². The first kappa shape index (κ1) is 13.9. The fourth-order valence-corrected chi connectivity index (χ4v) is 2.02. The van der Waals surface area contributed by atoms with Gasteiger partial charge in [-0.3, -0.25) is 4.98 Å². The highest BCUT2D eigenvalue weighted by atomic mass is 19.1. The van der Waals surface area contributed by atoms with Crippen molar-refractivity contribution < 1.29 is 13.5 Å². The number of nitrogens with one attached hydrogen (secondary N) is 1. The van der Waals surface area contributed by atoms with Crippen molar-refractivity contribution in [3.8, 4) is 5.75 Å². The Balaban J connectivity index is 1.59. The van der Waals surface area contributed by atoms with Crippen LogP contribution in [0.4, 0.5) is 8.78 Å². The molecule has 3 nitrogen and oxygen atoms in total. The van der Waals surface area contributed by atoms with Crippen molar-refractivity contribution in [3.63, 3.8) is 0 Å². The zero-order valence-electron chi connectivity index (χ0n) is 11.5. The summed E-state index contributed by atoms with van der Waals surface area (Å²) >= 11 is 0. The third kappa shape index (κ3) is 3.98. The number of ether oxygens (including phenoxy) is 1. The molecule has 1 fully saturated rings. The van der Waals surface area contributed by atoms with Crippen LogP contribution in [0.5, 0.6) is 5.75 Å². The number of pyridine rings is 1. The highest BCUT2D eigenvalue weighted by Gasteiger charge is 2.20. The maximum atomic E-state index is 13.9. The fraction of sp³-hybridized carbons (Fsp3) is 0.312. The molecule has 3 rings (SSSR count). The molecule has 21 heavy (non-hydrogen) atoms. The largest absolute Gasteiger partial charge is 0.486 e. The predicted octanol–water partition coefficient (Wildman–Crippen LogP) is 3.19. The van der Waals surface area contributed by atoms with Crippen LogP contribution in [-0.2, 0) is 13.2 Å². The topological polar surface area (TPSA) is 34.1 Å². The molecule has 0 amide bonds. The molecule has 0 unspecified atom stereocenters. The SMILES string of the molecule is Fc1cncc(COc2ccc(CNC3CC3)cc2F)c1. The van der Waals surface area contributed by atoms with Gasteiger partial charge < -0.3 is 10.1 Å². The Morgan fingerprint density at radius 3 is 2.71 bits per heavy atom. The molecule has 1 N–H and O–H groups in total. The summed E-state index contributed by atoms with van der Waals surface area (Å²) in [6, 6.07) is 6.81. The molecular weight excluding hydrogens is 274 g/mol. The van der Waals surface area contributed by atoms with Crippen LogP contribution in [0.1, 0.15) is 24.0 Å². The minimum atomic E-state index is -0.432. The smallest absolute Gasteiger partial charge is 0.165 e. The van der Waals surface area contributed by atoms with E-state index in [9.17, 15) is 8.78 Å². The van der Waals surface area contributed by atoms with E-state index in [0.29, 0.717) is 18.2 Å². The van der Waals surface area contributed by atoms with E-state index in [1.165, 1.54) is 31.2 Å². The monoisotopic (exact) mass is 290 g/mol. The molecule has 5 heteroatoms. The second-order valence-corrected chi connectivity index (χ2v) is 5.22. The van der Waals surface area contributed by atoms with E-state index in [-0.39, 0.29) is 12.4 Å². The standard InChI is InChI=1S/C16H16F2N2O/c17-13-5-12(7-19-9-13)10-21-16-4-1-11(6-15(16)18)8-20-14-2-3-14/h1,4-7,9,14,20H,2-3,8,10H2. The van der Waals surface area contributed by atoms with Crippen LogP contribution in [0.3, 0.4) is 0 Å². The van der Waals surface area contributed by atoms with Gasteiger partial charge in [0.25, 0.3) is 0 Å². The van der Waals surface area contributed by atoms with Crippen molar-refractivity contribution >= 4 is 0 Å². The maximum Gasteiger partial charge on any atom is 0.165 e. The lowest BCUT2D eigenvalue weighted by Crippen LogP contribution is -2.15. The Kier molecular flexibility index (Phi) is 4.10. The number of rotatable bonds is 6. The summed E-state index contributed by atoms with van der Waals surface area (Å²) in [7, 11) is 0. The van der Waals surface area contributed by atoms with Gasteiger partial charge in [0.2, 0.25) is 0 Å². The summed E-state index contributed by atoms with van der Waals surface area (Å²) in [5, 5.41) is 3.33. The molecular formula is C16H16F2N2O. The first-order chi connectivity index (χ1) is 10.2. The van der Waals surface area contributed by atoms with Crippen LogP contribution >= 0.6 is 0 Å². The summed E-state index contributed by atoms with van der Waals surface area (Å²) in [6.45, 7) is 0.747. The quantitative estimate of drug-likeness (QED) is 0.887. The van der Waals surface area contributed by atoms with E-state index >= 15 is 0 Å². The first-order valence-corrected chi connectivity index (χ1v) is 6.95. The van der Waals surface area contributed by atoms with Crippen LogP contribution in [0.25, 0.3) is 0 Å². The summed E-state index contributed by atoms with van der Waals surface area (Å²) in [5.41, 5.74) is 1.45. The molecule has 0 atom stereocenters. The minimum Gasteiger partial charge on any atom is -0.486 e. The Labute approximate surface area is 122 Å². The van der Waals surface area contributed by atoms with E-state index in [4.69, 9.17) is 4.74 Å². The molecule has 0 saturated heterocycles. The fourth-order valence-electron chi connectivity index (χ4n) is 2.02. The van der Waals surface area contributed by atoms with Gasteiger partial charge in [-0.2, -0.15) is 0 Å². The third-order valence-corrected chi connectivity index (χ3v) is 3.32. The molecule has 1 heterocycles. The van der Waals surface area contributed by atoms with Gasteiger partial charge in [-0.15, -0.1) is 0 Å². The highest BCUT2D eigenvalue weighted by Crippen LogP contribution is 2.22. The van der Waals surface area contributed by atoms with E-state index in [1.54, 1.807) is 6.07 Å². The van der Waals surface area contributed by atoms with Crippen LogP contribution in [0.15, 0.2) is 36.7 Å². The van der Waals surface area contributed by atoms with Gasteiger partial charge >= 0.3 is 0 Å². The zero-order chi connectivity index (χ0) is 14.7. The highest BCUT2D eigenvalue weighted by molar-refractivity contribution is 5.29. The molecule has 1 aliphatic carbocycles. The van der Waals surface area contributed by atoms with E-state index in [1.807, 2.05) is 6.07 Å². The molecule has 2 aromatic rings. The van der Waals surface area contributed by atoms with Gasteiger partial charge in [0.1, 0.15) is 12.4 Å². The van der Waals surface area contributed by atoms with Crippen molar-refractivity contribution in [2.75, 3.05) is 0 Å². The van der Waals surface area contributed by atoms with E-state index in [2.05, 4.69) is 10.3 Å². The lowest BCUT2D eigenvalue weighted by atomic mass is 10.2. The number of hydrogen-bond donors (Lipinski definition) is 1. The minimum absolute atomic E-state index is 0.0847. The summed E-state index contributed by atoms with van der Waals surface area (Å²) < 4.78 is 32.3. The second-order valence-electron chi connectivity index (χ2n) is 5.22. The molecule has 1 saturated carbocycles. The van der Waals surface area contributed by atoms with Crippen LogP contribution in [0.2, 0.25) is 0 Å². The normalized spacial score (nSPS) is 14.2. The molecule has 110 valence electrons. The Morgan fingerprint density at radius 1 is 1.14 bits per heavy atom. The molecule has 0 aliphatic heterocycles. The molecule has 0 bridgehead atoms. The van der Waals surface area contributed by atoms with Crippen molar-refractivity contribution in [1.29, 1.82) is 0 Å². The average molecular weight is 290 g/mol. The lowest BCUT2D eigenvalue weighted by molar-refractivity contribution is 0.289. The lowest BCUT2D eigenvalue weighted by Gasteiger charge is -2.09. The van der Waals surface area contributed by atoms with Gasteiger partial charge in [-0.05, 0) is 36.6 Å². The predicted molar refractivity (Wildman–Crippen MR) is 74.8 cm³/mol. The van der Waals surface area contributed by atoms with Gasteiger partial charge in [-0.25, -0.2) is 8.78 Å². The molecule has 1 aromatic carbocycles. The first-order valence-electron chi connectivity index (χ1n) is 6.95. The maximum absolute atomic E-state index is 13.9. The molecule has 1 aliphatic rings. The van der Waals surface area contributed by atoms with Crippen molar-refractivity contribution in [3.05, 3.63) is 59.4 Å². The van der Waals surface area contributed by atoms with Gasteiger partial charge in [0, 0.05) is 24.3 Å². The second kappa shape index (κ2) is 6.18. The van der Waals surface area contributed by atoms with Crippen LogP contribution in [0, 0.1) is 11.6 Å². The number of nitrogens with zero attached hydrogens (tertiary/aromatic N) is 1. The van der Waals surface area contributed by atoms with Crippen molar-refractivity contribution in [2.24, 2.45) is 0 Å². The van der Waals surface area contributed by atoms with E-state index in [0.717, 1.165) is 11.8 Å². The van der Waals surface area contributed by atoms with Crippen LogP contribution in [-0.4, -0.2) is 11.0 Å². The third-order valence-electron chi connectivity index (χ3n) is 3.32. The van der Waals surface area contributed by atoms with Crippen molar-refractivity contribution in [2.45, 2.75) is 32.0 Å². The molecule has 1 aromatic heterocycles. The molecule has 0 spiro atoms. The van der Waals surface area contributed by atoms with E-state index < -0.39 is 11.6 Å². The average Bonchev–Trinajstić information content (AvgIpc) is 3.28. The Morgan fingerprint density at radius 2 is 2.00 bits per heavy atom. The van der Waals surface area contributed by atoms with Crippen molar-refractivity contribution in [1.82, 2.24) is 10.3 Å². The number of hydrogen-bond acceptors (Lipinski definition) is 3. The number of halogens is 2. The summed E-state index contributed by atoms with van der Waals surface area (Å²) in [6.07, 6.45) is 5.01. The summed E-state index contributed by atoms with van der Waals surface area (Å²) in [4.78, 5) is 3.72. The van der Waals surface area contributed by atoms with Gasteiger partial charge in [0.15, 0.2) is 11.6 Å². The zero-order valence-corrected chi connectivity index (χ0v) is 11.5. The summed E-state index contributed by atoms with van der Waals surface area (Å²) in [5.74, 6) is -0.679. The Bertz CT molecular complexity index is 629. The number of benzene rings is 1. The Hall–Kier alpha value is -2.01. The molecule has 0 radical (unpaired) electrons.